The van der Waals surface area contributed by atoms with Gasteiger partial charge in [-0.05, 0) is 60.5 Å². The molecule has 0 amide bonds. The van der Waals surface area contributed by atoms with E-state index in [1.807, 2.05) is 92.7 Å². The summed E-state index contributed by atoms with van der Waals surface area (Å²) < 4.78 is 16.5. The van der Waals surface area contributed by atoms with E-state index in [1.165, 1.54) is 24.1 Å². The Kier molecular flexibility index (Phi) is 15.4. The monoisotopic (exact) mass is 779 g/mol. The maximum Gasteiger partial charge on any atom is 0.233 e. The van der Waals surface area contributed by atoms with E-state index in [1.54, 1.807) is 27.2 Å². The molecule has 16 heteroatoms. The maximum atomic E-state index is 5.55. The van der Waals surface area contributed by atoms with E-state index in [-0.39, 0.29) is 0 Å². The van der Waals surface area contributed by atoms with Crippen LogP contribution < -0.4 is 26.2 Å². The number of benzene rings is 3. The molecular weight excluding hydrogens is 735 g/mol. The zero-order chi connectivity index (χ0) is 39.0. The topological polar surface area (TPSA) is 156 Å². The van der Waals surface area contributed by atoms with E-state index in [0.717, 1.165) is 38.0 Å². The summed E-state index contributed by atoms with van der Waals surface area (Å²) in [5, 5.41) is 12.9. The van der Waals surface area contributed by atoms with Crippen molar-refractivity contribution < 1.29 is 13.1 Å². The summed E-state index contributed by atoms with van der Waals surface area (Å²) in [4.78, 5) is 31.2. The lowest BCUT2D eigenvalue weighted by Gasteiger charge is -2.27. The number of allylic oxidation sites excluding steroid dienone is 1. The van der Waals surface area contributed by atoms with Crippen molar-refractivity contribution in [3.63, 3.8) is 0 Å². The molecule has 0 spiro atoms. The molecule has 0 atom stereocenters. The van der Waals surface area contributed by atoms with Crippen molar-refractivity contribution in [3.8, 4) is 0 Å². The lowest BCUT2D eigenvalue weighted by molar-refractivity contribution is 0.122. The molecule has 3 heterocycles. The van der Waals surface area contributed by atoms with Gasteiger partial charge in [0.2, 0.25) is 29.7 Å². The lowest BCUT2D eigenvalue weighted by atomic mass is 10.1. The van der Waals surface area contributed by atoms with Crippen LogP contribution in [0.4, 0.5) is 46.8 Å². The average molecular weight is 780 g/mol. The van der Waals surface area contributed by atoms with Gasteiger partial charge in [-0.25, -0.2) is 0 Å². The highest BCUT2D eigenvalue weighted by atomic mass is 32.2. The first-order chi connectivity index (χ1) is 26.9. The van der Waals surface area contributed by atoms with Crippen LogP contribution in [-0.4, -0.2) is 70.4 Å². The Morgan fingerprint density at radius 2 is 1.22 bits per heavy atom. The number of morpholine rings is 1. The number of rotatable bonds is 16. The molecule has 2 aromatic heterocycles. The first-order valence-electron chi connectivity index (χ1n) is 17.5. The van der Waals surface area contributed by atoms with E-state index in [0.29, 0.717) is 67.6 Å². The lowest BCUT2D eigenvalue weighted by Crippen LogP contribution is -2.37. The summed E-state index contributed by atoms with van der Waals surface area (Å²) in [6, 6.07) is 21.7. The number of hydrogen-bond donors (Lipinski definition) is 4. The average Bonchev–Trinajstić information content (AvgIpc) is 3.19. The summed E-state index contributed by atoms with van der Waals surface area (Å²) >= 11 is 2.52. The Bertz CT molecular complexity index is 2080. The summed E-state index contributed by atoms with van der Waals surface area (Å²) in [5.41, 5.74) is 4.94. The number of ether oxygens (including phenoxy) is 1. The highest BCUT2D eigenvalue weighted by Gasteiger charge is 2.18. The van der Waals surface area contributed by atoms with Crippen LogP contribution in [0.15, 0.2) is 101 Å². The van der Waals surface area contributed by atoms with Crippen LogP contribution in [0.2, 0.25) is 0 Å². The minimum atomic E-state index is 0.373. The van der Waals surface area contributed by atoms with Crippen LogP contribution in [0.25, 0.3) is 12.2 Å². The highest BCUT2D eigenvalue weighted by molar-refractivity contribution is 7.95. The second-order valence-corrected chi connectivity index (χ2v) is 13.2. The third kappa shape index (κ3) is 12.0. The molecule has 4 N–H and O–H groups in total. The first-order valence-corrected chi connectivity index (χ1v) is 19.0. The third-order valence-electron chi connectivity index (χ3n) is 7.54. The summed E-state index contributed by atoms with van der Waals surface area (Å²) in [6.07, 6.45) is 5.66. The fourth-order valence-corrected chi connectivity index (χ4v) is 6.26. The normalized spacial score (nSPS) is 12.4. The molecule has 1 saturated heterocycles. The molecule has 14 nitrogen and oxygen atoms in total. The molecule has 3 aromatic carbocycles. The highest BCUT2D eigenvalue weighted by Crippen LogP contribution is 2.32. The van der Waals surface area contributed by atoms with Crippen LogP contribution in [0.5, 0.6) is 0 Å². The van der Waals surface area contributed by atoms with Crippen molar-refractivity contribution in [1.29, 1.82) is 0 Å². The molecule has 0 unspecified atom stereocenters. The van der Waals surface area contributed by atoms with E-state index in [4.69, 9.17) is 23.1 Å². The Hall–Kier alpha value is -5.52. The van der Waals surface area contributed by atoms with Crippen molar-refractivity contribution in [3.05, 3.63) is 109 Å². The van der Waals surface area contributed by atoms with E-state index < -0.39 is 0 Å². The SMILES string of the molecule is C=CC(=C)Nc1nc(C)nc(Nc2ccc(/C=C/c3ccc(Nc4nc(Nc5ccccc5)nc(N5CCOCC5)n4)cc3SOC)c(SOC)c2)n1.CC. The van der Waals surface area contributed by atoms with Gasteiger partial charge in [0, 0.05) is 69.7 Å². The number of anilines is 8. The van der Waals surface area contributed by atoms with Gasteiger partial charge in [0.15, 0.2) is 0 Å². The Morgan fingerprint density at radius 3 is 1.76 bits per heavy atom. The minimum absolute atomic E-state index is 0.373. The third-order valence-corrected chi connectivity index (χ3v) is 8.94. The molecule has 1 aliphatic heterocycles. The number of hydrogen-bond acceptors (Lipinski definition) is 16. The molecule has 1 fully saturated rings. The van der Waals surface area contributed by atoms with Crippen molar-refractivity contribution in [2.75, 3.05) is 66.7 Å². The van der Waals surface area contributed by atoms with E-state index in [9.17, 15) is 0 Å². The fraction of sp³-hybridized carbons (Fsp3) is 0.231. The van der Waals surface area contributed by atoms with Gasteiger partial charge in [0.05, 0.1) is 27.4 Å². The smallest absolute Gasteiger partial charge is 0.233 e. The van der Waals surface area contributed by atoms with Crippen LogP contribution in [-0.2, 0) is 13.1 Å². The number of para-hydroxylation sites is 1. The Morgan fingerprint density at radius 1 is 0.709 bits per heavy atom. The Balaban J connectivity index is 0.00000285. The van der Waals surface area contributed by atoms with Gasteiger partial charge in [-0.15, -0.1) is 0 Å². The van der Waals surface area contributed by atoms with Gasteiger partial charge >= 0.3 is 0 Å². The maximum absolute atomic E-state index is 5.55. The van der Waals surface area contributed by atoms with Crippen LogP contribution in [0.3, 0.4) is 0 Å². The number of nitrogens with one attached hydrogen (secondary N) is 4. The van der Waals surface area contributed by atoms with Gasteiger partial charge < -0.3 is 39.3 Å². The molecular formula is C39H45N11O3S2. The zero-order valence-corrected chi connectivity index (χ0v) is 33.1. The van der Waals surface area contributed by atoms with Crippen molar-refractivity contribution in [1.82, 2.24) is 29.9 Å². The molecule has 6 rings (SSSR count). The standard InChI is InChI=1S/C37H39N11O3S2.C2H6/c1-6-24(2)38-33-39-25(3)40-34(44-33)42-29-16-14-26(31(22-29)52-49-4)12-13-27-15-17-30(23-32(27)53-50-5)43-36-45-35(41-28-10-8-7-9-11-28)46-37(47-36)48-18-20-51-21-19-48;1-2/h6-17,22-23H,1-2,18-21H2,3-5H3,(H2,38,39,40,42,44)(H2,41,43,45,46,47);1-2H3/b13-12+;. The molecule has 55 heavy (non-hydrogen) atoms. The predicted molar refractivity (Wildman–Crippen MR) is 226 cm³/mol. The van der Waals surface area contributed by atoms with Crippen LogP contribution >= 0.6 is 24.1 Å². The van der Waals surface area contributed by atoms with Crippen molar-refractivity contribution in [2.45, 2.75) is 30.6 Å². The fourth-order valence-electron chi connectivity index (χ4n) is 5.08. The van der Waals surface area contributed by atoms with Gasteiger partial charge in [-0.2, -0.15) is 29.9 Å². The molecule has 1 aliphatic rings. The second-order valence-electron chi connectivity index (χ2n) is 11.3. The largest absolute Gasteiger partial charge is 0.378 e. The number of aromatic nitrogens is 6. The first kappa shape index (κ1) is 40.7. The predicted octanol–water partition coefficient (Wildman–Crippen LogP) is 9.05. The quantitative estimate of drug-likeness (QED) is 0.0427. The molecule has 286 valence electrons. The Labute approximate surface area is 330 Å². The van der Waals surface area contributed by atoms with Gasteiger partial charge in [0.25, 0.3) is 0 Å². The van der Waals surface area contributed by atoms with Crippen molar-refractivity contribution in [2.24, 2.45) is 0 Å². The van der Waals surface area contributed by atoms with E-state index >= 15 is 0 Å². The van der Waals surface area contributed by atoms with E-state index in [2.05, 4.69) is 59.3 Å². The van der Waals surface area contributed by atoms with Crippen LogP contribution in [0.1, 0.15) is 30.8 Å². The molecule has 0 bridgehead atoms. The van der Waals surface area contributed by atoms with Crippen molar-refractivity contribution >= 4 is 83.0 Å². The molecule has 0 saturated carbocycles. The summed E-state index contributed by atoms with van der Waals surface area (Å²) in [5.74, 6) is 2.73. The minimum Gasteiger partial charge on any atom is -0.378 e. The summed E-state index contributed by atoms with van der Waals surface area (Å²) in [6.45, 7) is 16.0. The molecule has 0 aliphatic carbocycles. The molecule has 5 aromatic rings. The second kappa shape index (κ2) is 20.8. The summed E-state index contributed by atoms with van der Waals surface area (Å²) in [7, 11) is 3.27. The zero-order valence-electron chi connectivity index (χ0n) is 31.5. The van der Waals surface area contributed by atoms with Crippen LogP contribution in [0, 0.1) is 6.92 Å². The van der Waals surface area contributed by atoms with Gasteiger partial charge in [0.1, 0.15) is 5.82 Å². The molecule has 0 radical (unpaired) electrons. The number of aryl methyl sites for hydroxylation is 1. The van der Waals surface area contributed by atoms with Gasteiger partial charge in [-0.1, -0.05) is 69.5 Å². The van der Waals surface area contributed by atoms with Gasteiger partial charge in [-0.3, -0.25) is 0 Å². The number of nitrogens with zero attached hydrogens (tertiary/aromatic N) is 7.